The lowest BCUT2D eigenvalue weighted by molar-refractivity contribution is -0.138. The van der Waals surface area contributed by atoms with Crippen molar-refractivity contribution in [2.45, 2.75) is 49.7 Å². The normalized spacial score (nSPS) is 14.5. The average Bonchev–Trinajstić information content (AvgIpc) is 3.60. The van der Waals surface area contributed by atoms with Crippen molar-refractivity contribution >= 4 is 9.84 Å². The molecule has 0 radical (unpaired) electrons. The van der Waals surface area contributed by atoms with Gasteiger partial charge in [-0.05, 0) is 54.2 Å². The van der Waals surface area contributed by atoms with Gasteiger partial charge in [-0.2, -0.15) is 13.2 Å². The van der Waals surface area contributed by atoms with Crippen LogP contribution in [0.4, 0.5) is 26.3 Å². The Hall–Kier alpha value is -3.41. The summed E-state index contributed by atoms with van der Waals surface area (Å²) >= 11 is 0. The molecule has 0 amide bonds. The molecule has 5 nitrogen and oxygen atoms in total. The van der Waals surface area contributed by atoms with Crippen molar-refractivity contribution in [3.05, 3.63) is 65.7 Å². The Balaban J connectivity index is 1.66. The molecule has 0 saturated heterocycles. The molecular weight excluding hydrogens is 532 g/mol. The summed E-state index contributed by atoms with van der Waals surface area (Å²) in [6, 6.07) is 7.92. The Kier molecular flexibility index (Phi) is 6.49. The predicted octanol–water partition coefficient (Wildman–Crippen LogP) is 6.81. The van der Waals surface area contributed by atoms with Gasteiger partial charge in [0.15, 0.2) is 9.84 Å². The van der Waals surface area contributed by atoms with Gasteiger partial charge in [-0.3, -0.25) is 4.98 Å². The Labute approximate surface area is 214 Å². The molecule has 1 fully saturated rings. The summed E-state index contributed by atoms with van der Waals surface area (Å²) in [5, 5.41) is 0. The fourth-order valence-corrected chi connectivity index (χ4v) is 5.45. The minimum atomic E-state index is -4.81. The summed E-state index contributed by atoms with van der Waals surface area (Å²) in [5.74, 6) is -0.532. The van der Waals surface area contributed by atoms with Crippen molar-refractivity contribution in [3.8, 4) is 33.9 Å². The van der Waals surface area contributed by atoms with Gasteiger partial charge in [0.25, 0.3) is 6.43 Å². The van der Waals surface area contributed by atoms with Gasteiger partial charge in [0.1, 0.15) is 11.5 Å². The number of alkyl halides is 5. The molecule has 38 heavy (non-hydrogen) atoms. The van der Waals surface area contributed by atoms with Crippen molar-refractivity contribution in [1.29, 1.82) is 0 Å². The van der Waals surface area contributed by atoms with Crippen LogP contribution in [0, 0.1) is 5.82 Å². The molecule has 0 spiro atoms. The summed E-state index contributed by atoms with van der Waals surface area (Å²) in [5.41, 5.74) is -0.334. The molecule has 1 aliphatic carbocycles. The molecule has 2 aliphatic heterocycles. The van der Waals surface area contributed by atoms with Gasteiger partial charge in [0.2, 0.25) is 0 Å². The van der Waals surface area contributed by atoms with E-state index in [-0.39, 0.29) is 39.3 Å². The fraction of sp³-hybridized carbons (Fsp3) is 0.308. The average molecular weight is 554 g/mol. The molecule has 0 unspecified atom stereocenters. The molecule has 2 aromatic rings. The van der Waals surface area contributed by atoms with Crippen molar-refractivity contribution in [3.63, 3.8) is 0 Å². The molecule has 1 saturated carbocycles. The molecule has 3 aliphatic rings. The summed E-state index contributed by atoms with van der Waals surface area (Å²) < 4.78 is 108. The number of benzene rings is 1. The second-order valence-corrected chi connectivity index (χ2v) is 11.4. The maximum Gasteiger partial charge on any atom is 0.417 e. The standard InChI is InChI=1S/C26H21F6N3O2S/c1-2-38(36,37)23-8-16(15-5-6-18(14-3-4-14)19(27)7-15)11-33-25(23)21-10-22-20(34-21)9-17(26(30,31)32)12-35(22)13-24(28)29/h5-12,14,24H,2-4,13H2,1H3. The summed E-state index contributed by atoms with van der Waals surface area (Å²) in [7, 11) is -3.93. The van der Waals surface area contributed by atoms with E-state index >= 15 is 0 Å². The summed E-state index contributed by atoms with van der Waals surface area (Å²) in [6.45, 7) is 0.400. The minimum absolute atomic E-state index is 0.0308. The molecule has 12 heteroatoms. The van der Waals surface area contributed by atoms with Gasteiger partial charge in [-0.25, -0.2) is 26.6 Å². The van der Waals surface area contributed by atoms with Crippen molar-refractivity contribution in [2.24, 2.45) is 0 Å². The Morgan fingerprint density at radius 2 is 1.79 bits per heavy atom. The molecule has 5 rings (SSSR count). The van der Waals surface area contributed by atoms with Crippen molar-refractivity contribution in [2.75, 3.05) is 5.75 Å². The van der Waals surface area contributed by atoms with Gasteiger partial charge < -0.3 is 4.57 Å². The first-order valence-electron chi connectivity index (χ1n) is 11.8. The lowest BCUT2D eigenvalue weighted by Crippen LogP contribution is -2.14. The highest BCUT2D eigenvalue weighted by atomic mass is 32.2. The molecule has 0 atom stereocenters. The highest BCUT2D eigenvalue weighted by Crippen LogP contribution is 2.42. The fourth-order valence-electron chi connectivity index (χ4n) is 4.38. The third-order valence-electron chi connectivity index (χ3n) is 6.50. The van der Waals surface area contributed by atoms with E-state index in [2.05, 4.69) is 9.97 Å². The second kappa shape index (κ2) is 9.40. The van der Waals surface area contributed by atoms with Gasteiger partial charge >= 0.3 is 6.18 Å². The van der Waals surface area contributed by atoms with Gasteiger partial charge in [-0.1, -0.05) is 19.1 Å². The minimum Gasteiger partial charge on any atom is -0.340 e. The number of hydrogen-bond acceptors (Lipinski definition) is 4. The summed E-state index contributed by atoms with van der Waals surface area (Å²) in [4.78, 5) is 8.14. The molecule has 0 N–H and O–H groups in total. The number of nitrogens with zero attached hydrogens (tertiary/aromatic N) is 3. The zero-order chi connectivity index (χ0) is 27.4. The second-order valence-electron chi connectivity index (χ2n) is 9.17. The topological polar surface area (TPSA) is 64.8 Å². The van der Waals surface area contributed by atoms with Crippen LogP contribution in [0.15, 0.2) is 53.7 Å². The summed E-state index contributed by atoms with van der Waals surface area (Å²) in [6.07, 6.45) is -4.03. The molecule has 1 aromatic carbocycles. The third-order valence-corrected chi connectivity index (χ3v) is 8.24. The maximum absolute atomic E-state index is 14.6. The van der Waals surface area contributed by atoms with Crippen LogP contribution in [0.1, 0.15) is 36.8 Å². The van der Waals surface area contributed by atoms with Gasteiger partial charge in [0, 0.05) is 18.0 Å². The first-order valence-corrected chi connectivity index (χ1v) is 13.4. The van der Waals surface area contributed by atoms with Gasteiger partial charge in [0.05, 0.1) is 39.8 Å². The van der Waals surface area contributed by atoms with E-state index in [1.165, 1.54) is 31.3 Å². The van der Waals surface area contributed by atoms with E-state index in [9.17, 15) is 34.8 Å². The van der Waals surface area contributed by atoms with E-state index in [0.29, 0.717) is 29.0 Å². The third kappa shape index (κ3) is 5.01. The first kappa shape index (κ1) is 26.2. The number of halogens is 6. The number of rotatable bonds is 7. The number of pyridine rings is 2. The van der Waals surface area contributed by atoms with E-state index in [1.54, 1.807) is 12.1 Å². The number of sulfone groups is 1. The lowest BCUT2D eigenvalue weighted by Gasteiger charge is -2.15. The molecular formula is C26H21F6N3O2S. The lowest BCUT2D eigenvalue weighted by atomic mass is 10.0. The van der Waals surface area contributed by atoms with E-state index in [1.807, 2.05) is 0 Å². The maximum atomic E-state index is 14.6. The zero-order valence-corrected chi connectivity index (χ0v) is 20.8. The number of aromatic nitrogens is 3. The monoisotopic (exact) mass is 553 g/mol. The number of hydrogen-bond donors (Lipinski definition) is 0. The van der Waals surface area contributed by atoms with Crippen molar-refractivity contribution < 1.29 is 34.8 Å². The van der Waals surface area contributed by atoms with E-state index in [4.69, 9.17) is 0 Å². The highest BCUT2D eigenvalue weighted by Gasteiger charge is 2.34. The molecule has 0 bridgehead atoms. The van der Waals surface area contributed by atoms with Crippen LogP contribution in [-0.2, 0) is 22.6 Å². The Morgan fingerprint density at radius 3 is 2.39 bits per heavy atom. The van der Waals surface area contributed by atoms with E-state index < -0.39 is 40.4 Å². The molecule has 1 aromatic heterocycles. The van der Waals surface area contributed by atoms with Gasteiger partial charge in [-0.15, -0.1) is 0 Å². The predicted molar refractivity (Wildman–Crippen MR) is 128 cm³/mol. The van der Waals surface area contributed by atoms with Crippen LogP contribution >= 0.6 is 0 Å². The SMILES string of the molecule is CCS(=O)(=O)c1cc(-c2ccc(C3CC3)c(F)c2)cnc1-c1cc2n(CC(F)F)cc(C(F)(F)F)cc-2n1. The van der Waals surface area contributed by atoms with Crippen LogP contribution in [0.3, 0.4) is 0 Å². The largest absolute Gasteiger partial charge is 0.417 e. The quantitative estimate of drug-likeness (QED) is 0.236. The zero-order valence-electron chi connectivity index (χ0n) is 19.9. The highest BCUT2D eigenvalue weighted by molar-refractivity contribution is 7.91. The van der Waals surface area contributed by atoms with Crippen LogP contribution in [0.2, 0.25) is 0 Å². The smallest absolute Gasteiger partial charge is 0.340 e. The van der Waals surface area contributed by atoms with E-state index in [0.717, 1.165) is 17.4 Å². The Bertz CT molecular complexity index is 1590. The van der Waals surface area contributed by atoms with Crippen molar-refractivity contribution in [1.82, 2.24) is 14.5 Å². The molecule has 200 valence electrons. The van der Waals surface area contributed by atoms with Crippen LogP contribution in [0.5, 0.6) is 0 Å². The Morgan fingerprint density at radius 1 is 1.05 bits per heavy atom. The van der Waals surface area contributed by atoms with Crippen LogP contribution < -0.4 is 0 Å². The van der Waals surface area contributed by atoms with Crippen LogP contribution in [-0.4, -0.2) is 35.1 Å². The molecule has 3 heterocycles. The first-order chi connectivity index (χ1) is 17.9. The van der Waals surface area contributed by atoms with Crippen LogP contribution in [0.25, 0.3) is 33.9 Å². The number of fused-ring (bicyclic) bond motifs is 1.